The maximum absolute atomic E-state index is 10.8. The third-order valence-corrected chi connectivity index (χ3v) is 8.88. The summed E-state index contributed by atoms with van der Waals surface area (Å²) in [5.74, 6) is 2.36. The summed E-state index contributed by atoms with van der Waals surface area (Å²) in [6.07, 6.45) is 7.11. The molecule has 0 saturated heterocycles. The van der Waals surface area contributed by atoms with Gasteiger partial charge in [0.15, 0.2) is 0 Å². The van der Waals surface area contributed by atoms with Crippen LogP contribution in [0.15, 0.2) is 53.4 Å². The van der Waals surface area contributed by atoms with Crippen LogP contribution in [0, 0.1) is 5.92 Å². The molecule has 2 aromatic carbocycles. The Hall–Kier alpha value is -1.49. The number of hydrogen-bond acceptors (Lipinski definition) is 4. The standard InChI is InChI=1S/C27H37NO2S/c1-4-27-15-9-8-12-24(27)26(16-20-13-14-22(30-3)17-25(20)27)28(2)18-21(29)19-31-23-10-6-5-7-11-23/h5-7,10-11,13-14,17,21,24,26,29H,4,8-9,12,15-16,18-19H2,1-3H3/t21?,24-,26+,27-/m1/s1. The third-order valence-electron chi connectivity index (χ3n) is 7.73. The van der Waals surface area contributed by atoms with Crippen LogP contribution in [0.4, 0.5) is 0 Å². The van der Waals surface area contributed by atoms with Gasteiger partial charge in [-0.05, 0) is 79.5 Å². The molecule has 1 fully saturated rings. The Labute approximate surface area is 192 Å². The van der Waals surface area contributed by atoms with Crippen molar-refractivity contribution in [1.29, 1.82) is 0 Å². The normalized spacial score (nSPS) is 26.2. The van der Waals surface area contributed by atoms with E-state index in [9.17, 15) is 5.11 Å². The van der Waals surface area contributed by atoms with Gasteiger partial charge in [0.25, 0.3) is 0 Å². The van der Waals surface area contributed by atoms with Crippen LogP contribution in [0.1, 0.15) is 50.2 Å². The van der Waals surface area contributed by atoms with Crippen molar-refractivity contribution in [2.75, 3.05) is 26.5 Å². The molecule has 1 saturated carbocycles. The van der Waals surface area contributed by atoms with E-state index in [1.165, 1.54) is 48.1 Å². The van der Waals surface area contributed by atoms with Crippen LogP contribution in [0.2, 0.25) is 0 Å². The van der Waals surface area contributed by atoms with Crippen LogP contribution in [0.25, 0.3) is 0 Å². The molecule has 0 spiro atoms. The molecule has 3 nitrogen and oxygen atoms in total. The highest BCUT2D eigenvalue weighted by Crippen LogP contribution is 2.53. The van der Waals surface area contributed by atoms with Gasteiger partial charge >= 0.3 is 0 Å². The predicted octanol–water partition coefficient (Wildman–Crippen LogP) is 5.54. The second kappa shape index (κ2) is 9.97. The van der Waals surface area contributed by atoms with Crippen LogP contribution in [0.5, 0.6) is 5.75 Å². The van der Waals surface area contributed by atoms with Crippen molar-refractivity contribution in [2.45, 2.75) is 67.9 Å². The number of fused-ring (bicyclic) bond motifs is 3. The third kappa shape index (κ3) is 4.67. The van der Waals surface area contributed by atoms with Crippen molar-refractivity contribution in [2.24, 2.45) is 5.92 Å². The Balaban J connectivity index is 1.52. The number of aliphatic hydroxyl groups excluding tert-OH is 1. The Kier molecular flexibility index (Phi) is 7.30. The number of benzene rings is 2. The SMILES string of the molecule is CC[C@@]12CCCC[C@@H]1[C@@H](N(C)CC(O)CSc1ccccc1)Cc1ccc(OC)cc12. The molecule has 1 unspecified atom stereocenters. The summed E-state index contributed by atoms with van der Waals surface area (Å²) in [4.78, 5) is 3.69. The highest BCUT2D eigenvalue weighted by atomic mass is 32.2. The van der Waals surface area contributed by atoms with Crippen LogP contribution in [-0.2, 0) is 11.8 Å². The topological polar surface area (TPSA) is 32.7 Å². The molecule has 0 bridgehead atoms. The highest BCUT2D eigenvalue weighted by Gasteiger charge is 2.49. The Morgan fingerprint density at radius 3 is 2.74 bits per heavy atom. The van der Waals surface area contributed by atoms with Crippen molar-refractivity contribution < 1.29 is 9.84 Å². The number of nitrogens with zero attached hydrogens (tertiary/aromatic N) is 1. The van der Waals surface area contributed by atoms with Gasteiger partial charge in [-0.2, -0.15) is 0 Å². The average molecular weight is 440 g/mol. The Morgan fingerprint density at radius 1 is 1.19 bits per heavy atom. The van der Waals surface area contributed by atoms with Gasteiger partial charge in [0.1, 0.15) is 5.75 Å². The lowest BCUT2D eigenvalue weighted by atomic mass is 9.54. The highest BCUT2D eigenvalue weighted by molar-refractivity contribution is 7.99. The fourth-order valence-corrected chi connectivity index (χ4v) is 7.01. The number of rotatable bonds is 8. The second-order valence-corrected chi connectivity index (χ2v) is 10.5. The summed E-state index contributed by atoms with van der Waals surface area (Å²) in [6, 6.07) is 17.6. The maximum Gasteiger partial charge on any atom is 0.119 e. The average Bonchev–Trinajstić information content (AvgIpc) is 2.82. The molecule has 2 aliphatic carbocycles. The molecule has 4 atom stereocenters. The van der Waals surface area contributed by atoms with Crippen molar-refractivity contribution in [1.82, 2.24) is 4.90 Å². The molecule has 4 heteroatoms. The van der Waals surface area contributed by atoms with Gasteiger partial charge in [0.2, 0.25) is 0 Å². The van der Waals surface area contributed by atoms with E-state index in [2.05, 4.69) is 61.3 Å². The number of ether oxygens (including phenoxy) is 1. The summed E-state index contributed by atoms with van der Waals surface area (Å²) >= 11 is 1.75. The molecule has 2 aromatic rings. The smallest absolute Gasteiger partial charge is 0.119 e. The monoisotopic (exact) mass is 439 g/mol. The first-order valence-electron chi connectivity index (χ1n) is 11.8. The minimum atomic E-state index is -0.327. The molecule has 4 rings (SSSR count). The second-order valence-electron chi connectivity index (χ2n) is 9.37. The molecule has 31 heavy (non-hydrogen) atoms. The van der Waals surface area contributed by atoms with Gasteiger partial charge in [-0.3, -0.25) is 0 Å². The molecule has 2 aliphatic rings. The van der Waals surface area contributed by atoms with Crippen molar-refractivity contribution in [3.8, 4) is 5.75 Å². The van der Waals surface area contributed by atoms with Gasteiger partial charge in [-0.1, -0.05) is 44.0 Å². The molecule has 0 aromatic heterocycles. The van der Waals surface area contributed by atoms with E-state index in [1.54, 1.807) is 18.9 Å². The van der Waals surface area contributed by atoms with E-state index in [0.29, 0.717) is 12.0 Å². The summed E-state index contributed by atoms with van der Waals surface area (Å²) in [7, 11) is 4.00. The Morgan fingerprint density at radius 2 is 2.00 bits per heavy atom. The van der Waals surface area contributed by atoms with Crippen LogP contribution in [0.3, 0.4) is 0 Å². The van der Waals surface area contributed by atoms with E-state index < -0.39 is 0 Å². The molecule has 0 heterocycles. The molecule has 0 aliphatic heterocycles. The number of hydrogen-bond donors (Lipinski definition) is 1. The molecule has 1 N–H and O–H groups in total. The van der Waals surface area contributed by atoms with Gasteiger partial charge in [0, 0.05) is 23.2 Å². The summed E-state index contributed by atoms with van der Waals surface area (Å²) in [5, 5.41) is 10.8. The number of aliphatic hydroxyl groups is 1. The number of thioether (sulfide) groups is 1. The summed E-state index contributed by atoms with van der Waals surface area (Å²) in [6.45, 7) is 3.10. The molecular formula is C27H37NO2S. The zero-order chi connectivity index (χ0) is 21.8. The minimum absolute atomic E-state index is 0.239. The van der Waals surface area contributed by atoms with Gasteiger partial charge in [-0.25, -0.2) is 0 Å². The summed E-state index contributed by atoms with van der Waals surface area (Å²) in [5.41, 5.74) is 3.25. The molecule has 168 valence electrons. The Bertz CT molecular complexity index is 858. The minimum Gasteiger partial charge on any atom is -0.497 e. The van der Waals surface area contributed by atoms with Gasteiger partial charge in [0.05, 0.1) is 13.2 Å². The number of methoxy groups -OCH3 is 1. The van der Waals surface area contributed by atoms with E-state index in [4.69, 9.17) is 4.74 Å². The molecule has 0 amide bonds. The maximum atomic E-state index is 10.8. The zero-order valence-corrected chi connectivity index (χ0v) is 20.0. The van der Waals surface area contributed by atoms with Gasteiger partial charge < -0.3 is 14.7 Å². The van der Waals surface area contributed by atoms with E-state index in [-0.39, 0.29) is 11.5 Å². The lowest BCUT2D eigenvalue weighted by molar-refractivity contribution is 0.0339. The fourth-order valence-electron chi connectivity index (χ4n) is 6.18. The molecule has 0 radical (unpaired) electrons. The summed E-state index contributed by atoms with van der Waals surface area (Å²) < 4.78 is 5.59. The largest absolute Gasteiger partial charge is 0.497 e. The fraction of sp³-hybridized carbons (Fsp3) is 0.556. The zero-order valence-electron chi connectivity index (χ0n) is 19.2. The van der Waals surface area contributed by atoms with E-state index in [0.717, 1.165) is 24.5 Å². The van der Waals surface area contributed by atoms with Crippen molar-refractivity contribution in [3.63, 3.8) is 0 Å². The van der Waals surface area contributed by atoms with Crippen LogP contribution < -0.4 is 4.74 Å². The van der Waals surface area contributed by atoms with Gasteiger partial charge in [-0.15, -0.1) is 11.8 Å². The lowest BCUT2D eigenvalue weighted by Crippen LogP contribution is -2.55. The number of likely N-dealkylation sites (N-methyl/N-ethyl adjacent to an activating group) is 1. The molecular weight excluding hydrogens is 402 g/mol. The van der Waals surface area contributed by atoms with Crippen molar-refractivity contribution >= 4 is 11.8 Å². The first-order valence-corrected chi connectivity index (χ1v) is 12.8. The first-order chi connectivity index (χ1) is 15.1. The van der Waals surface area contributed by atoms with E-state index in [1.807, 2.05) is 6.07 Å². The predicted molar refractivity (Wildman–Crippen MR) is 130 cm³/mol. The van der Waals surface area contributed by atoms with Crippen LogP contribution >= 0.6 is 11.8 Å². The first kappa shape index (κ1) is 22.7. The van der Waals surface area contributed by atoms with E-state index >= 15 is 0 Å². The van der Waals surface area contributed by atoms with Crippen molar-refractivity contribution in [3.05, 3.63) is 59.7 Å². The van der Waals surface area contributed by atoms with Crippen LogP contribution in [-0.4, -0.2) is 48.6 Å². The lowest BCUT2D eigenvalue weighted by Gasteiger charge is -2.54. The quantitative estimate of drug-likeness (QED) is 0.547.